The van der Waals surface area contributed by atoms with Gasteiger partial charge in [0.25, 0.3) is 0 Å². The van der Waals surface area contributed by atoms with Gasteiger partial charge in [-0.15, -0.1) is 0 Å². The minimum absolute atomic E-state index is 0.0348. The van der Waals surface area contributed by atoms with E-state index in [9.17, 15) is 9.59 Å². The molecule has 0 spiro atoms. The second-order valence-corrected chi connectivity index (χ2v) is 6.09. The molecule has 3 N–H and O–H groups in total. The zero-order valence-electron chi connectivity index (χ0n) is 12.7. The summed E-state index contributed by atoms with van der Waals surface area (Å²) in [4.78, 5) is 23.3. The van der Waals surface area contributed by atoms with Gasteiger partial charge in [0, 0.05) is 18.4 Å². The molecule has 0 radical (unpaired) electrons. The quantitative estimate of drug-likeness (QED) is 0.780. The first-order chi connectivity index (χ1) is 10.5. The molecule has 0 bridgehead atoms. The van der Waals surface area contributed by atoms with Crippen LogP contribution in [0.2, 0.25) is 5.02 Å². The molecule has 1 saturated heterocycles. The van der Waals surface area contributed by atoms with Gasteiger partial charge in [-0.05, 0) is 56.5 Å². The molecule has 0 aliphatic carbocycles. The predicted octanol–water partition coefficient (Wildman–Crippen LogP) is 3.02. The molecule has 0 unspecified atom stereocenters. The predicted molar refractivity (Wildman–Crippen MR) is 89.2 cm³/mol. The molecule has 1 aromatic rings. The summed E-state index contributed by atoms with van der Waals surface area (Å²) in [7, 11) is 0. The number of hydrogen-bond donors (Lipinski definition) is 3. The van der Waals surface area contributed by atoms with Crippen LogP contribution < -0.4 is 16.0 Å². The fourth-order valence-corrected chi connectivity index (χ4v) is 2.81. The van der Waals surface area contributed by atoms with Crippen molar-refractivity contribution in [2.45, 2.75) is 32.6 Å². The Morgan fingerprint density at radius 1 is 1.23 bits per heavy atom. The van der Waals surface area contributed by atoms with Crippen LogP contribution in [0.4, 0.5) is 11.4 Å². The summed E-state index contributed by atoms with van der Waals surface area (Å²) >= 11 is 5.93. The molecule has 1 fully saturated rings. The monoisotopic (exact) mass is 323 g/mol. The summed E-state index contributed by atoms with van der Waals surface area (Å²) in [5, 5.41) is 9.36. The highest BCUT2D eigenvalue weighted by Crippen LogP contribution is 2.26. The highest BCUT2D eigenvalue weighted by atomic mass is 35.5. The minimum atomic E-state index is -0.201. The van der Waals surface area contributed by atoms with Gasteiger partial charge in [0.1, 0.15) is 0 Å². The van der Waals surface area contributed by atoms with Crippen LogP contribution in [0.1, 0.15) is 32.6 Å². The lowest BCUT2D eigenvalue weighted by atomic mass is 9.93. The topological polar surface area (TPSA) is 70.2 Å². The van der Waals surface area contributed by atoms with Crippen LogP contribution in [0.15, 0.2) is 18.2 Å². The molecular weight excluding hydrogens is 302 g/mol. The number of carbonyl (C=O) groups excluding carboxylic acids is 2. The van der Waals surface area contributed by atoms with Gasteiger partial charge in [-0.2, -0.15) is 0 Å². The molecule has 6 heteroatoms. The van der Waals surface area contributed by atoms with Crippen LogP contribution in [0, 0.1) is 5.92 Å². The zero-order chi connectivity index (χ0) is 15.9. The summed E-state index contributed by atoms with van der Waals surface area (Å²) in [6, 6.07) is 5.02. The molecule has 2 amide bonds. The normalized spacial score (nSPS) is 15.4. The second-order valence-electron chi connectivity index (χ2n) is 5.65. The van der Waals surface area contributed by atoms with E-state index in [4.69, 9.17) is 11.6 Å². The van der Waals surface area contributed by atoms with Gasteiger partial charge >= 0.3 is 0 Å². The molecular formula is C16H22ClN3O2. The Bertz CT molecular complexity index is 542. The molecule has 5 nitrogen and oxygen atoms in total. The summed E-state index contributed by atoms with van der Waals surface area (Å²) in [6.45, 7) is 3.50. The summed E-state index contributed by atoms with van der Waals surface area (Å²) in [5.41, 5.74) is 1.10. The number of amides is 2. The molecule has 1 aromatic carbocycles. The van der Waals surface area contributed by atoms with E-state index in [0.717, 1.165) is 32.4 Å². The van der Waals surface area contributed by atoms with Crippen molar-refractivity contribution in [3.63, 3.8) is 0 Å². The summed E-state index contributed by atoms with van der Waals surface area (Å²) < 4.78 is 0. The number of hydrogen-bond acceptors (Lipinski definition) is 3. The number of benzene rings is 1. The Morgan fingerprint density at radius 3 is 2.64 bits per heavy atom. The van der Waals surface area contributed by atoms with E-state index in [0.29, 0.717) is 28.7 Å². The van der Waals surface area contributed by atoms with Gasteiger partial charge in [-0.25, -0.2) is 0 Å². The smallest absolute Gasteiger partial charge is 0.224 e. The van der Waals surface area contributed by atoms with Gasteiger partial charge in [0.2, 0.25) is 11.8 Å². The average molecular weight is 324 g/mol. The number of nitrogens with one attached hydrogen (secondary N) is 3. The van der Waals surface area contributed by atoms with E-state index in [2.05, 4.69) is 16.0 Å². The lowest BCUT2D eigenvalue weighted by Gasteiger charge is -2.22. The Kier molecular flexibility index (Phi) is 6.21. The number of carbonyl (C=O) groups is 2. The molecule has 1 aliphatic heterocycles. The van der Waals surface area contributed by atoms with E-state index in [1.165, 1.54) is 6.92 Å². The number of piperidine rings is 1. The van der Waals surface area contributed by atoms with Crippen LogP contribution in [0.5, 0.6) is 0 Å². The molecule has 1 heterocycles. The van der Waals surface area contributed by atoms with E-state index in [1.54, 1.807) is 18.2 Å². The first kappa shape index (κ1) is 16.8. The van der Waals surface area contributed by atoms with Crippen LogP contribution in [-0.4, -0.2) is 24.9 Å². The van der Waals surface area contributed by atoms with Gasteiger partial charge in [0.05, 0.1) is 11.4 Å². The molecule has 0 atom stereocenters. The van der Waals surface area contributed by atoms with Gasteiger partial charge in [-0.1, -0.05) is 11.6 Å². The van der Waals surface area contributed by atoms with Crippen molar-refractivity contribution in [3.05, 3.63) is 23.2 Å². The maximum absolute atomic E-state index is 12.1. The van der Waals surface area contributed by atoms with Gasteiger partial charge in [-0.3, -0.25) is 9.59 Å². The molecule has 0 aromatic heterocycles. The lowest BCUT2D eigenvalue weighted by molar-refractivity contribution is -0.116. The van der Waals surface area contributed by atoms with Crippen molar-refractivity contribution in [2.75, 3.05) is 23.7 Å². The number of rotatable bonds is 5. The Hall–Kier alpha value is -1.59. The fraction of sp³-hybridized carbons (Fsp3) is 0.500. The third-order valence-corrected chi connectivity index (χ3v) is 4.04. The molecule has 0 saturated carbocycles. The van der Waals surface area contributed by atoms with Crippen LogP contribution in [0.3, 0.4) is 0 Å². The number of halogens is 1. The molecule has 2 rings (SSSR count). The first-order valence-corrected chi connectivity index (χ1v) is 8.00. The van der Waals surface area contributed by atoms with Gasteiger partial charge < -0.3 is 16.0 Å². The Balaban J connectivity index is 1.91. The SMILES string of the molecule is CC(=O)Nc1cc(Cl)ccc1NC(=O)CCC1CCNCC1. The largest absolute Gasteiger partial charge is 0.324 e. The first-order valence-electron chi connectivity index (χ1n) is 7.62. The highest BCUT2D eigenvalue weighted by molar-refractivity contribution is 6.31. The molecule has 120 valence electrons. The van der Waals surface area contributed by atoms with Crippen molar-refractivity contribution in [1.29, 1.82) is 0 Å². The third kappa shape index (κ3) is 5.31. The van der Waals surface area contributed by atoms with Crippen molar-refractivity contribution in [3.8, 4) is 0 Å². The van der Waals surface area contributed by atoms with Crippen molar-refractivity contribution in [2.24, 2.45) is 5.92 Å². The van der Waals surface area contributed by atoms with Crippen molar-refractivity contribution >= 4 is 34.8 Å². The highest BCUT2D eigenvalue weighted by Gasteiger charge is 2.15. The lowest BCUT2D eigenvalue weighted by Crippen LogP contribution is -2.28. The molecule has 22 heavy (non-hydrogen) atoms. The summed E-state index contributed by atoms with van der Waals surface area (Å²) in [6.07, 6.45) is 3.65. The Morgan fingerprint density at radius 2 is 1.95 bits per heavy atom. The zero-order valence-corrected chi connectivity index (χ0v) is 13.5. The fourth-order valence-electron chi connectivity index (χ4n) is 2.64. The molecule has 1 aliphatic rings. The van der Waals surface area contributed by atoms with Crippen LogP contribution >= 0.6 is 11.6 Å². The average Bonchev–Trinajstić information content (AvgIpc) is 2.48. The standard InChI is InChI=1S/C16H22ClN3O2/c1-11(21)19-15-10-13(17)3-4-14(15)20-16(22)5-2-12-6-8-18-9-7-12/h3-4,10,12,18H,2,5-9H2,1H3,(H,19,21)(H,20,22). The van der Waals surface area contributed by atoms with E-state index < -0.39 is 0 Å². The maximum atomic E-state index is 12.1. The van der Waals surface area contributed by atoms with E-state index >= 15 is 0 Å². The summed E-state index contributed by atoms with van der Waals surface area (Å²) in [5.74, 6) is 0.381. The van der Waals surface area contributed by atoms with E-state index in [-0.39, 0.29) is 11.8 Å². The van der Waals surface area contributed by atoms with Crippen LogP contribution in [0.25, 0.3) is 0 Å². The Labute approximate surface area is 135 Å². The van der Waals surface area contributed by atoms with Gasteiger partial charge in [0.15, 0.2) is 0 Å². The van der Waals surface area contributed by atoms with Crippen molar-refractivity contribution in [1.82, 2.24) is 5.32 Å². The van der Waals surface area contributed by atoms with Crippen molar-refractivity contribution < 1.29 is 9.59 Å². The maximum Gasteiger partial charge on any atom is 0.224 e. The second kappa shape index (κ2) is 8.15. The van der Waals surface area contributed by atoms with E-state index in [1.807, 2.05) is 0 Å². The minimum Gasteiger partial charge on any atom is -0.324 e. The number of anilines is 2. The third-order valence-electron chi connectivity index (χ3n) is 3.80. The van der Waals surface area contributed by atoms with Crippen LogP contribution in [-0.2, 0) is 9.59 Å².